The largest absolute Gasteiger partial charge is 0.417 e. The van der Waals surface area contributed by atoms with Crippen molar-refractivity contribution in [2.75, 3.05) is 5.75 Å². The summed E-state index contributed by atoms with van der Waals surface area (Å²) in [6, 6.07) is 13.4. The van der Waals surface area contributed by atoms with Crippen molar-refractivity contribution in [2.24, 2.45) is 5.10 Å². The molecular weight excluding hydrogens is 475 g/mol. The predicted octanol–water partition coefficient (Wildman–Crippen LogP) is 6.02. The Labute approximate surface area is 206 Å². The first-order chi connectivity index (χ1) is 16.8. The number of amides is 1. The zero-order valence-corrected chi connectivity index (χ0v) is 20.1. The summed E-state index contributed by atoms with van der Waals surface area (Å²) in [5, 5.41) is 13.2. The third-order valence-electron chi connectivity index (χ3n) is 5.91. The molecule has 184 valence electrons. The van der Waals surface area contributed by atoms with E-state index in [1.165, 1.54) is 36.4 Å². The van der Waals surface area contributed by atoms with Crippen LogP contribution in [0.15, 0.2) is 58.8 Å². The van der Waals surface area contributed by atoms with E-state index in [0.29, 0.717) is 5.16 Å². The Balaban J connectivity index is 1.45. The number of thioether (sulfide) groups is 1. The van der Waals surface area contributed by atoms with Gasteiger partial charge >= 0.3 is 6.18 Å². The van der Waals surface area contributed by atoms with Crippen LogP contribution in [0.1, 0.15) is 54.8 Å². The summed E-state index contributed by atoms with van der Waals surface area (Å²) in [5.74, 6) is 0.351. The second kappa shape index (κ2) is 11.1. The van der Waals surface area contributed by atoms with Crippen molar-refractivity contribution in [1.29, 1.82) is 0 Å². The Morgan fingerprint density at radius 3 is 2.54 bits per heavy atom. The van der Waals surface area contributed by atoms with Gasteiger partial charge in [0, 0.05) is 17.2 Å². The first kappa shape index (κ1) is 25.0. The minimum Gasteiger partial charge on any atom is -0.299 e. The lowest BCUT2D eigenvalue weighted by Crippen LogP contribution is -2.21. The minimum atomic E-state index is -4.50. The fraction of sp³-hybridized carbons (Fsp3) is 0.360. The first-order valence-corrected chi connectivity index (χ1v) is 12.4. The Bertz CT molecular complexity index is 1180. The minimum absolute atomic E-state index is 0.0109. The standard InChI is InChI=1S/C25H26F3N5OS/c1-17-11-13-18(14-12-17)23-31-32-24(33(23)20-8-3-2-4-9-20)35-16-22(34)30-29-15-19-7-5-6-10-21(19)25(26,27)28/h5-7,10-15,20H,2-4,8-9,16H2,1H3,(H,30,34). The topological polar surface area (TPSA) is 72.2 Å². The van der Waals surface area contributed by atoms with Gasteiger partial charge in [-0.3, -0.25) is 9.36 Å². The molecule has 1 aromatic heterocycles. The maximum Gasteiger partial charge on any atom is 0.417 e. The summed E-state index contributed by atoms with van der Waals surface area (Å²) >= 11 is 1.24. The molecule has 35 heavy (non-hydrogen) atoms. The lowest BCUT2D eigenvalue weighted by Gasteiger charge is -2.25. The second-order valence-corrected chi connectivity index (χ2v) is 9.44. The van der Waals surface area contributed by atoms with Gasteiger partial charge in [0.15, 0.2) is 11.0 Å². The van der Waals surface area contributed by atoms with Gasteiger partial charge in [-0.1, -0.05) is 79.1 Å². The molecule has 4 rings (SSSR count). The maximum absolute atomic E-state index is 13.1. The SMILES string of the molecule is Cc1ccc(-c2nnc(SCC(=O)NN=Cc3ccccc3C(F)(F)F)n2C2CCCCC2)cc1. The van der Waals surface area contributed by atoms with Crippen molar-refractivity contribution >= 4 is 23.9 Å². The average molecular weight is 502 g/mol. The van der Waals surface area contributed by atoms with Crippen molar-refractivity contribution in [1.82, 2.24) is 20.2 Å². The van der Waals surface area contributed by atoms with Gasteiger partial charge in [-0.25, -0.2) is 5.43 Å². The molecule has 1 amide bonds. The van der Waals surface area contributed by atoms with Crippen LogP contribution < -0.4 is 5.43 Å². The number of hydrazone groups is 1. The van der Waals surface area contributed by atoms with Crippen LogP contribution in [0.5, 0.6) is 0 Å². The normalized spacial score (nSPS) is 15.0. The summed E-state index contributed by atoms with van der Waals surface area (Å²) in [7, 11) is 0. The van der Waals surface area contributed by atoms with Crippen molar-refractivity contribution in [3.05, 3.63) is 65.2 Å². The molecule has 0 unspecified atom stereocenters. The monoisotopic (exact) mass is 501 g/mol. The van der Waals surface area contributed by atoms with Gasteiger partial charge in [-0.2, -0.15) is 18.3 Å². The van der Waals surface area contributed by atoms with E-state index in [1.54, 1.807) is 0 Å². The zero-order chi connectivity index (χ0) is 24.8. The fourth-order valence-electron chi connectivity index (χ4n) is 4.15. The van der Waals surface area contributed by atoms with Crippen molar-refractivity contribution in [3.63, 3.8) is 0 Å². The zero-order valence-electron chi connectivity index (χ0n) is 19.3. The molecule has 1 saturated carbocycles. The Morgan fingerprint density at radius 2 is 1.83 bits per heavy atom. The third kappa shape index (κ3) is 6.30. The van der Waals surface area contributed by atoms with Gasteiger partial charge < -0.3 is 0 Å². The van der Waals surface area contributed by atoms with Gasteiger partial charge in [0.2, 0.25) is 0 Å². The molecule has 0 saturated heterocycles. The highest BCUT2D eigenvalue weighted by Gasteiger charge is 2.32. The number of benzene rings is 2. The molecule has 1 N–H and O–H groups in total. The number of aromatic nitrogens is 3. The van der Waals surface area contributed by atoms with Gasteiger partial charge in [-0.05, 0) is 25.8 Å². The molecule has 1 aliphatic carbocycles. The number of alkyl halides is 3. The number of rotatable bonds is 7. The van der Waals surface area contributed by atoms with E-state index in [1.807, 2.05) is 31.2 Å². The van der Waals surface area contributed by atoms with E-state index < -0.39 is 17.6 Å². The molecule has 10 heteroatoms. The summed E-state index contributed by atoms with van der Waals surface area (Å²) in [4.78, 5) is 12.4. The molecule has 1 fully saturated rings. The number of hydrogen-bond acceptors (Lipinski definition) is 5. The van der Waals surface area contributed by atoms with Gasteiger partial charge in [-0.15, -0.1) is 10.2 Å². The van der Waals surface area contributed by atoms with Crippen LogP contribution in [0.2, 0.25) is 0 Å². The van der Waals surface area contributed by atoms with Crippen LogP contribution in [0, 0.1) is 6.92 Å². The van der Waals surface area contributed by atoms with Crippen LogP contribution in [-0.2, 0) is 11.0 Å². The highest BCUT2D eigenvalue weighted by molar-refractivity contribution is 7.99. The second-order valence-electron chi connectivity index (χ2n) is 8.50. The third-order valence-corrected chi connectivity index (χ3v) is 6.85. The Hall–Kier alpha value is -3.14. The molecule has 0 spiro atoms. The predicted molar refractivity (Wildman–Crippen MR) is 130 cm³/mol. The van der Waals surface area contributed by atoms with Crippen LogP contribution in [0.3, 0.4) is 0 Å². The number of carbonyl (C=O) groups is 1. The number of aryl methyl sites for hydroxylation is 1. The molecular formula is C25H26F3N5OS. The molecule has 0 atom stereocenters. The Kier molecular flexibility index (Phi) is 7.90. The van der Waals surface area contributed by atoms with Crippen LogP contribution in [0.4, 0.5) is 13.2 Å². The molecule has 0 aliphatic heterocycles. The van der Waals surface area contributed by atoms with Crippen LogP contribution in [0.25, 0.3) is 11.4 Å². The van der Waals surface area contributed by atoms with E-state index in [-0.39, 0.29) is 17.4 Å². The fourth-order valence-corrected chi connectivity index (χ4v) is 4.95. The molecule has 1 aliphatic rings. The maximum atomic E-state index is 13.1. The quantitative estimate of drug-likeness (QED) is 0.244. The van der Waals surface area contributed by atoms with E-state index in [4.69, 9.17) is 0 Å². The highest BCUT2D eigenvalue weighted by atomic mass is 32.2. The molecule has 3 aromatic rings. The van der Waals surface area contributed by atoms with Gasteiger partial charge in [0.05, 0.1) is 17.5 Å². The van der Waals surface area contributed by atoms with E-state index in [9.17, 15) is 18.0 Å². The van der Waals surface area contributed by atoms with E-state index >= 15 is 0 Å². The molecule has 1 heterocycles. The number of halogens is 3. The molecule has 2 aromatic carbocycles. The van der Waals surface area contributed by atoms with E-state index in [2.05, 4.69) is 25.3 Å². The number of nitrogens with zero attached hydrogens (tertiary/aromatic N) is 4. The van der Waals surface area contributed by atoms with Crippen molar-refractivity contribution in [2.45, 2.75) is 56.4 Å². The summed E-state index contributed by atoms with van der Waals surface area (Å²) in [6.07, 6.45) is 2.04. The van der Waals surface area contributed by atoms with Crippen LogP contribution in [-0.4, -0.2) is 32.6 Å². The molecule has 6 nitrogen and oxygen atoms in total. The van der Waals surface area contributed by atoms with Crippen molar-refractivity contribution in [3.8, 4) is 11.4 Å². The summed E-state index contributed by atoms with van der Waals surface area (Å²) in [5.41, 5.74) is 3.51. The Morgan fingerprint density at radius 1 is 1.11 bits per heavy atom. The average Bonchev–Trinajstić information content (AvgIpc) is 3.27. The number of carbonyl (C=O) groups excluding carboxylic acids is 1. The van der Waals surface area contributed by atoms with E-state index in [0.717, 1.165) is 54.9 Å². The van der Waals surface area contributed by atoms with Gasteiger partial charge in [0.1, 0.15) is 0 Å². The number of nitrogens with one attached hydrogen (secondary N) is 1. The van der Waals surface area contributed by atoms with Crippen LogP contribution >= 0.6 is 11.8 Å². The number of hydrogen-bond donors (Lipinski definition) is 1. The summed E-state index contributed by atoms with van der Waals surface area (Å²) in [6.45, 7) is 2.03. The van der Waals surface area contributed by atoms with Crippen molar-refractivity contribution < 1.29 is 18.0 Å². The summed E-state index contributed by atoms with van der Waals surface area (Å²) < 4.78 is 41.5. The molecule has 0 bridgehead atoms. The lowest BCUT2D eigenvalue weighted by atomic mass is 9.95. The smallest absolute Gasteiger partial charge is 0.299 e. The lowest BCUT2D eigenvalue weighted by molar-refractivity contribution is -0.137. The molecule has 0 radical (unpaired) electrons. The van der Waals surface area contributed by atoms with Gasteiger partial charge in [0.25, 0.3) is 5.91 Å². The first-order valence-electron chi connectivity index (χ1n) is 11.5. The highest BCUT2D eigenvalue weighted by Crippen LogP contribution is 2.35.